The maximum atomic E-state index is 11.3. The van der Waals surface area contributed by atoms with Crippen LogP contribution < -0.4 is 10.9 Å². The first kappa shape index (κ1) is 13.9. The van der Waals surface area contributed by atoms with Gasteiger partial charge < -0.3 is 5.73 Å². The largest absolute Gasteiger partial charge is 0.398 e. The van der Waals surface area contributed by atoms with Gasteiger partial charge in [-0.05, 0) is 36.8 Å². The van der Waals surface area contributed by atoms with Crippen LogP contribution in [0.1, 0.15) is 5.56 Å². The molecule has 2 rings (SSSR count). The molecule has 6 heteroatoms. The van der Waals surface area contributed by atoms with Gasteiger partial charge in [-0.1, -0.05) is 30.0 Å². The molecule has 0 heterocycles. The number of hydrogen-bond donors (Lipinski definition) is 2. The van der Waals surface area contributed by atoms with Gasteiger partial charge in [0.05, 0.1) is 4.90 Å². The van der Waals surface area contributed by atoms with E-state index >= 15 is 0 Å². The third kappa shape index (κ3) is 3.28. The van der Waals surface area contributed by atoms with Gasteiger partial charge in [-0.15, -0.1) is 0 Å². The van der Waals surface area contributed by atoms with Crippen LogP contribution >= 0.6 is 11.8 Å². The van der Waals surface area contributed by atoms with Gasteiger partial charge in [-0.25, -0.2) is 13.6 Å². The summed E-state index contributed by atoms with van der Waals surface area (Å²) in [4.78, 5) is 1.78. The Kier molecular flexibility index (Phi) is 3.84. The van der Waals surface area contributed by atoms with E-state index in [2.05, 4.69) is 0 Å². The van der Waals surface area contributed by atoms with E-state index in [0.717, 1.165) is 10.5 Å². The van der Waals surface area contributed by atoms with E-state index < -0.39 is 10.0 Å². The van der Waals surface area contributed by atoms with Crippen molar-refractivity contribution in [3.05, 3.63) is 48.0 Å². The van der Waals surface area contributed by atoms with E-state index in [4.69, 9.17) is 10.9 Å². The van der Waals surface area contributed by atoms with Crippen LogP contribution in [0.2, 0.25) is 0 Å². The summed E-state index contributed by atoms with van der Waals surface area (Å²) in [6.07, 6.45) is 0. The zero-order valence-corrected chi connectivity index (χ0v) is 12.0. The second-order valence-corrected chi connectivity index (χ2v) is 6.76. The van der Waals surface area contributed by atoms with Crippen LogP contribution in [-0.2, 0) is 10.0 Å². The zero-order valence-electron chi connectivity index (χ0n) is 10.3. The predicted molar refractivity (Wildman–Crippen MR) is 77.5 cm³/mol. The summed E-state index contributed by atoms with van der Waals surface area (Å²) in [6.45, 7) is 1.99. The summed E-state index contributed by atoms with van der Waals surface area (Å²) in [5.74, 6) is 0. The fourth-order valence-electron chi connectivity index (χ4n) is 1.57. The summed E-state index contributed by atoms with van der Waals surface area (Å²) < 4.78 is 22.7. The molecule has 0 saturated carbocycles. The van der Waals surface area contributed by atoms with Crippen molar-refractivity contribution in [1.29, 1.82) is 0 Å². The van der Waals surface area contributed by atoms with Crippen LogP contribution in [0.4, 0.5) is 5.69 Å². The molecule has 2 aromatic rings. The van der Waals surface area contributed by atoms with E-state index in [9.17, 15) is 8.42 Å². The summed E-state index contributed by atoms with van der Waals surface area (Å²) in [6, 6.07) is 12.3. The van der Waals surface area contributed by atoms with E-state index in [-0.39, 0.29) is 4.90 Å². The molecule has 4 nitrogen and oxygen atoms in total. The second kappa shape index (κ2) is 5.24. The number of nitrogens with two attached hydrogens (primary N) is 2. The predicted octanol–water partition coefficient (Wildman–Crippen LogP) is 2.38. The average Bonchev–Trinajstić information content (AvgIpc) is 2.33. The topological polar surface area (TPSA) is 86.2 Å². The average molecular weight is 294 g/mol. The van der Waals surface area contributed by atoms with Crippen LogP contribution in [-0.4, -0.2) is 8.42 Å². The molecule has 100 valence electrons. The van der Waals surface area contributed by atoms with E-state index in [1.165, 1.54) is 23.9 Å². The normalized spacial score (nSPS) is 11.5. The molecule has 0 amide bonds. The van der Waals surface area contributed by atoms with Gasteiger partial charge in [0, 0.05) is 15.5 Å². The van der Waals surface area contributed by atoms with Crippen molar-refractivity contribution in [3.8, 4) is 0 Å². The van der Waals surface area contributed by atoms with Gasteiger partial charge >= 0.3 is 0 Å². The third-order valence-corrected chi connectivity index (χ3v) is 4.79. The number of aryl methyl sites for hydroxylation is 1. The molecule has 0 aliphatic heterocycles. The van der Waals surface area contributed by atoms with Gasteiger partial charge in [-0.2, -0.15) is 0 Å². The second-order valence-electron chi connectivity index (χ2n) is 4.11. The van der Waals surface area contributed by atoms with Gasteiger partial charge in [0.1, 0.15) is 0 Å². The van der Waals surface area contributed by atoms with E-state index in [1.807, 2.05) is 31.2 Å². The number of nitrogen functional groups attached to an aromatic ring is 1. The van der Waals surface area contributed by atoms with Crippen LogP contribution in [0.25, 0.3) is 0 Å². The van der Waals surface area contributed by atoms with Crippen molar-refractivity contribution >= 4 is 27.5 Å². The van der Waals surface area contributed by atoms with Crippen molar-refractivity contribution in [2.24, 2.45) is 5.14 Å². The molecule has 0 aliphatic carbocycles. The molecule has 4 N–H and O–H groups in total. The highest BCUT2D eigenvalue weighted by molar-refractivity contribution is 7.99. The Morgan fingerprint density at radius 1 is 1.05 bits per heavy atom. The van der Waals surface area contributed by atoms with Crippen LogP contribution in [0.15, 0.2) is 57.2 Å². The minimum atomic E-state index is -3.71. The van der Waals surface area contributed by atoms with Gasteiger partial charge in [0.25, 0.3) is 0 Å². The number of rotatable bonds is 3. The van der Waals surface area contributed by atoms with Gasteiger partial charge in [-0.3, -0.25) is 0 Å². The van der Waals surface area contributed by atoms with Crippen molar-refractivity contribution in [1.82, 2.24) is 0 Å². The molecule has 2 aromatic carbocycles. The highest BCUT2D eigenvalue weighted by atomic mass is 32.2. The van der Waals surface area contributed by atoms with Gasteiger partial charge in [0.2, 0.25) is 10.0 Å². The number of sulfonamides is 1. The first-order chi connectivity index (χ1) is 8.88. The number of primary sulfonamides is 1. The molecule has 0 fully saturated rings. The lowest BCUT2D eigenvalue weighted by Gasteiger charge is -2.09. The molecule has 0 aromatic heterocycles. The van der Waals surface area contributed by atoms with E-state index in [1.54, 1.807) is 6.07 Å². The standard InChI is InChI=1S/C13H14N2O2S2/c1-9-4-2-3-5-12(9)18-13-8-10(19(15,16)17)6-7-11(13)14/h2-8H,14H2,1H3,(H2,15,16,17). The van der Waals surface area contributed by atoms with Crippen molar-refractivity contribution < 1.29 is 8.42 Å². The Labute approximate surface area is 116 Å². The number of anilines is 1. The van der Waals surface area contributed by atoms with Crippen molar-refractivity contribution in [2.75, 3.05) is 5.73 Å². The summed E-state index contributed by atoms with van der Waals surface area (Å²) in [5, 5.41) is 5.12. The van der Waals surface area contributed by atoms with Crippen molar-refractivity contribution in [2.45, 2.75) is 21.6 Å². The Morgan fingerprint density at radius 2 is 1.74 bits per heavy atom. The van der Waals surface area contributed by atoms with Gasteiger partial charge in [0.15, 0.2) is 0 Å². The van der Waals surface area contributed by atoms with E-state index in [0.29, 0.717) is 10.6 Å². The first-order valence-electron chi connectivity index (χ1n) is 5.54. The minimum Gasteiger partial charge on any atom is -0.398 e. The maximum absolute atomic E-state index is 11.3. The lowest BCUT2D eigenvalue weighted by molar-refractivity contribution is 0.597. The quantitative estimate of drug-likeness (QED) is 0.851. The van der Waals surface area contributed by atoms with Crippen LogP contribution in [0.3, 0.4) is 0 Å². The molecule has 19 heavy (non-hydrogen) atoms. The molecule has 0 unspecified atom stereocenters. The zero-order chi connectivity index (χ0) is 14.0. The molecule has 0 aliphatic rings. The van der Waals surface area contributed by atoms with Crippen LogP contribution in [0.5, 0.6) is 0 Å². The Hall–Kier alpha value is -1.50. The minimum absolute atomic E-state index is 0.0674. The Bertz CT molecular complexity index is 712. The molecule has 0 spiro atoms. The molecule has 0 saturated heterocycles. The lowest BCUT2D eigenvalue weighted by atomic mass is 10.2. The lowest BCUT2D eigenvalue weighted by Crippen LogP contribution is -2.12. The molecule has 0 bridgehead atoms. The molecule has 0 radical (unpaired) electrons. The number of benzene rings is 2. The summed E-state index contributed by atoms with van der Waals surface area (Å²) >= 11 is 1.43. The smallest absolute Gasteiger partial charge is 0.238 e. The summed E-state index contributed by atoms with van der Waals surface area (Å²) in [7, 11) is -3.71. The highest BCUT2D eigenvalue weighted by Gasteiger charge is 2.11. The molecular weight excluding hydrogens is 280 g/mol. The fourth-order valence-corrected chi connectivity index (χ4v) is 3.17. The van der Waals surface area contributed by atoms with Crippen LogP contribution in [0, 0.1) is 6.92 Å². The highest BCUT2D eigenvalue weighted by Crippen LogP contribution is 2.35. The van der Waals surface area contributed by atoms with Crippen molar-refractivity contribution in [3.63, 3.8) is 0 Å². The number of hydrogen-bond acceptors (Lipinski definition) is 4. The third-order valence-electron chi connectivity index (χ3n) is 2.63. The monoisotopic (exact) mass is 294 g/mol. The SMILES string of the molecule is Cc1ccccc1Sc1cc(S(N)(=O)=O)ccc1N. The fraction of sp³-hybridized carbons (Fsp3) is 0.0769. The Morgan fingerprint density at radius 3 is 2.37 bits per heavy atom. The maximum Gasteiger partial charge on any atom is 0.238 e. The molecule has 0 atom stereocenters. The first-order valence-corrected chi connectivity index (χ1v) is 7.90. The Balaban J connectivity index is 2.43. The summed E-state index contributed by atoms with van der Waals surface area (Å²) in [5.41, 5.74) is 7.51. The molecular formula is C13H14N2O2S2.